The molecule has 0 aliphatic carbocycles. The molecule has 0 aliphatic rings. The Labute approximate surface area is 151 Å². The van der Waals surface area contributed by atoms with E-state index < -0.39 is 5.91 Å². The highest BCUT2D eigenvalue weighted by Crippen LogP contribution is 2.18. The maximum atomic E-state index is 12.0. The van der Waals surface area contributed by atoms with E-state index in [1.54, 1.807) is 29.2 Å². The number of amides is 3. The normalized spacial score (nSPS) is 10.1. The van der Waals surface area contributed by atoms with Crippen LogP contribution in [-0.2, 0) is 9.59 Å². The van der Waals surface area contributed by atoms with Gasteiger partial charge in [-0.2, -0.15) is 0 Å². The summed E-state index contributed by atoms with van der Waals surface area (Å²) in [6, 6.07) is 12.6. The zero-order valence-corrected chi connectivity index (χ0v) is 14.7. The molecule has 7 nitrogen and oxygen atoms in total. The first-order valence-corrected chi connectivity index (χ1v) is 8.16. The summed E-state index contributed by atoms with van der Waals surface area (Å²) in [5.74, 6) is -0.769. The van der Waals surface area contributed by atoms with E-state index in [1.807, 2.05) is 6.92 Å². The molecule has 0 aliphatic heterocycles. The average molecular weight is 355 g/mol. The summed E-state index contributed by atoms with van der Waals surface area (Å²) < 4.78 is 0. The highest BCUT2D eigenvalue weighted by Gasteiger charge is 2.10. The summed E-state index contributed by atoms with van der Waals surface area (Å²) in [5.41, 5.74) is 1.67. The quantitative estimate of drug-likeness (QED) is 0.739. The van der Waals surface area contributed by atoms with E-state index >= 15 is 0 Å². The van der Waals surface area contributed by atoms with Crippen molar-refractivity contribution in [3.8, 4) is 5.75 Å². The molecule has 2 aromatic carbocycles. The number of carbonyl (C=O) groups excluding carboxylic acids is 3. The monoisotopic (exact) mass is 355 g/mol. The smallest absolute Gasteiger partial charge is 0.251 e. The van der Waals surface area contributed by atoms with Crippen LogP contribution < -0.4 is 15.5 Å². The fourth-order valence-corrected chi connectivity index (χ4v) is 2.39. The van der Waals surface area contributed by atoms with Crippen molar-refractivity contribution in [3.63, 3.8) is 0 Å². The van der Waals surface area contributed by atoms with Crippen molar-refractivity contribution in [1.29, 1.82) is 0 Å². The Morgan fingerprint density at radius 3 is 2.15 bits per heavy atom. The van der Waals surface area contributed by atoms with Gasteiger partial charge in [0.05, 0.1) is 6.54 Å². The molecule has 0 atom stereocenters. The van der Waals surface area contributed by atoms with Crippen molar-refractivity contribution in [1.82, 2.24) is 5.32 Å². The summed E-state index contributed by atoms with van der Waals surface area (Å²) in [4.78, 5) is 37.0. The first-order chi connectivity index (χ1) is 12.4. The van der Waals surface area contributed by atoms with E-state index in [-0.39, 0.29) is 24.1 Å². The van der Waals surface area contributed by atoms with Crippen LogP contribution >= 0.6 is 0 Å². The first-order valence-electron chi connectivity index (χ1n) is 8.16. The molecule has 0 unspecified atom stereocenters. The molecule has 136 valence electrons. The number of anilines is 2. The lowest BCUT2D eigenvalue weighted by Gasteiger charge is -2.19. The van der Waals surface area contributed by atoms with Crippen LogP contribution in [0.4, 0.5) is 11.4 Å². The predicted molar refractivity (Wildman–Crippen MR) is 99.2 cm³/mol. The number of hydrogen-bond donors (Lipinski definition) is 3. The molecule has 26 heavy (non-hydrogen) atoms. The number of benzene rings is 2. The van der Waals surface area contributed by atoms with Crippen LogP contribution in [0.25, 0.3) is 0 Å². The van der Waals surface area contributed by atoms with Crippen LogP contribution in [0.1, 0.15) is 24.2 Å². The van der Waals surface area contributed by atoms with Crippen LogP contribution in [0.3, 0.4) is 0 Å². The Morgan fingerprint density at radius 1 is 1.00 bits per heavy atom. The summed E-state index contributed by atoms with van der Waals surface area (Å²) >= 11 is 0. The maximum absolute atomic E-state index is 12.0. The summed E-state index contributed by atoms with van der Waals surface area (Å²) in [7, 11) is 0. The molecule has 3 amide bonds. The molecule has 0 fully saturated rings. The molecule has 0 radical (unpaired) electrons. The van der Waals surface area contributed by atoms with Crippen molar-refractivity contribution >= 4 is 29.1 Å². The number of rotatable bonds is 6. The Morgan fingerprint density at radius 2 is 1.62 bits per heavy atom. The predicted octanol–water partition coefficient (Wildman–Crippen LogP) is 2.13. The summed E-state index contributed by atoms with van der Waals surface area (Å²) in [6.45, 7) is 3.75. The van der Waals surface area contributed by atoms with Gasteiger partial charge in [0, 0.05) is 30.4 Å². The molecular weight excluding hydrogens is 334 g/mol. The van der Waals surface area contributed by atoms with Crippen LogP contribution in [0, 0.1) is 0 Å². The third-order valence-electron chi connectivity index (χ3n) is 3.70. The van der Waals surface area contributed by atoms with Gasteiger partial charge in [0.15, 0.2) is 0 Å². The SMILES string of the molecule is CCN(C(C)=O)c1ccc(NC(=O)CNC(=O)c2ccc(O)cc2)cc1. The number of nitrogens with zero attached hydrogens (tertiary/aromatic N) is 1. The molecule has 2 aromatic rings. The standard InChI is InChI=1S/C19H21N3O4/c1-3-22(13(2)23)16-8-6-15(7-9-16)21-18(25)12-20-19(26)14-4-10-17(24)11-5-14/h4-11,24H,3,12H2,1-2H3,(H,20,26)(H,21,25). The van der Waals surface area contributed by atoms with Gasteiger partial charge in [-0.3, -0.25) is 14.4 Å². The van der Waals surface area contributed by atoms with E-state index in [9.17, 15) is 19.5 Å². The van der Waals surface area contributed by atoms with Gasteiger partial charge >= 0.3 is 0 Å². The van der Waals surface area contributed by atoms with Gasteiger partial charge in [0.2, 0.25) is 11.8 Å². The molecule has 0 saturated carbocycles. The van der Waals surface area contributed by atoms with Crippen LogP contribution in [0.5, 0.6) is 5.75 Å². The lowest BCUT2D eigenvalue weighted by atomic mass is 10.2. The maximum Gasteiger partial charge on any atom is 0.251 e. The van der Waals surface area contributed by atoms with Crippen molar-refractivity contribution in [2.24, 2.45) is 0 Å². The number of carbonyl (C=O) groups is 3. The minimum Gasteiger partial charge on any atom is -0.508 e. The highest BCUT2D eigenvalue weighted by atomic mass is 16.3. The third kappa shape index (κ3) is 5.07. The van der Waals surface area contributed by atoms with E-state index in [2.05, 4.69) is 10.6 Å². The first kappa shape index (κ1) is 19.0. The van der Waals surface area contributed by atoms with Gasteiger partial charge in [-0.15, -0.1) is 0 Å². The topological polar surface area (TPSA) is 98.7 Å². The summed E-state index contributed by atoms with van der Waals surface area (Å²) in [6.07, 6.45) is 0. The van der Waals surface area contributed by atoms with Gasteiger partial charge in [0.1, 0.15) is 5.75 Å². The molecule has 7 heteroatoms. The van der Waals surface area contributed by atoms with Crippen LogP contribution in [0.15, 0.2) is 48.5 Å². The Bertz CT molecular complexity index is 785. The zero-order chi connectivity index (χ0) is 19.1. The third-order valence-corrected chi connectivity index (χ3v) is 3.70. The second kappa shape index (κ2) is 8.66. The van der Waals surface area contributed by atoms with Crippen LogP contribution in [-0.4, -0.2) is 35.9 Å². The van der Waals surface area contributed by atoms with Gasteiger partial charge < -0.3 is 20.6 Å². The lowest BCUT2D eigenvalue weighted by molar-refractivity contribution is -0.116. The Kier molecular flexibility index (Phi) is 6.32. The van der Waals surface area contributed by atoms with E-state index in [0.29, 0.717) is 17.8 Å². The molecule has 0 saturated heterocycles. The second-order valence-electron chi connectivity index (χ2n) is 5.59. The van der Waals surface area contributed by atoms with E-state index in [0.717, 1.165) is 5.69 Å². The molecule has 2 rings (SSSR count). The van der Waals surface area contributed by atoms with Crippen molar-refractivity contribution in [2.75, 3.05) is 23.3 Å². The highest BCUT2D eigenvalue weighted by molar-refractivity contribution is 5.99. The Balaban J connectivity index is 1.88. The molecule has 0 aromatic heterocycles. The van der Waals surface area contributed by atoms with Gasteiger partial charge in [-0.1, -0.05) is 0 Å². The molecule has 0 heterocycles. The molecule has 3 N–H and O–H groups in total. The fourth-order valence-electron chi connectivity index (χ4n) is 2.39. The van der Waals surface area contributed by atoms with Gasteiger partial charge in [-0.05, 0) is 55.5 Å². The molecule has 0 bridgehead atoms. The number of phenols is 1. The van der Waals surface area contributed by atoms with E-state index in [1.165, 1.54) is 31.2 Å². The average Bonchev–Trinajstić information content (AvgIpc) is 2.62. The zero-order valence-electron chi connectivity index (χ0n) is 14.7. The fraction of sp³-hybridized carbons (Fsp3) is 0.211. The number of nitrogens with one attached hydrogen (secondary N) is 2. The number of hydrogen-bond acceptors (Lipinski definition) is 4. The van der Waals surface area contributed by atoms with Gasteiger partial charge in [0.25, 0.3) is 5.91 Å². The largest absolute Gasteiger partial charge is 0.508 e. The van der Waals surface area contributed by atoms with Crippen molar-refractivity contribution in [3.05, 3.63) is 54.1 Å². The molecular formula is C19H21N3O4. The van der Waals surface area contributed by atoms with Crippen molar-refractivity contribution < 1.29 is 19.5 Å². The van der Waals surface area contributed by atoms with Crippen molar-refractivity contribution in [2.45, 2.75) is 13.8 Å². The number of aromatic hydroxyl groups is 1. The van der Waals surface area contributed by atoms with Gasteiger partial charge in [-0.25, -0.2) is 0 Å². The lowest BCUT2D eigenvalue weighted by Crippen LogP contribution is -2.32. The Hall–Kier alpha value is -3.35. The summed E-state index contributed by atoms with van der Waals surface area (Å²) in [5, 5.41) is 14.4. The minimum atomic E-state index is -0.407. The molecule has 0 spiro atoms. The second-order valence-corrected chi connectivity index (χ2v) is 5.59. The number of phenolic OH excluding ortho intramolecular Hbond substituents is 1. The van der Waals surface area contributed by atoms with E-state index in [4.69, 9.17) is 0 Å². The van der Waals surface area contributed by atoms with Crippen LogP contribution in [0.2, 0.25) is 0 Å². The minimum absolute atomic E-state index is 0.0544.